The smallest absolute Gasteiger partial charge is 0.403 e. The maximum absolute atomic E-state index is 11.8. The van der Waals surface area contributed by atoms with Crippen LogP contribution in [0.1, 0.15) is 12.8 Å². The van der Waals surface area contributed by atoms with Crippen molar-refractivity contribution in [1.82, 2.24) is 0 Å². The highest BCUT2D eigenvalue weighted by atomic mass is 35.5. The van der Waals surface area contributed by atoms with Crippen molar-refractivity contribution < 1.29 is 23.1 Å². The molecule has 86 valence electrons. The third-order valence-electron chi connectivity index (χ3n) is 1.53. The Kier molecular flexibility index (Phi) is 6.88. The largest absolute Gasteiger partial charge is 0.480 e. The fraction of sp³-hybridized carbons (Fsp3) is 0.833. The molecule has 0 aliphatic carbocycles. The number of rotatable bonds is 4. The normalized spacial score (nSPS) is 15.5. The van der Waals surface area contributed by atoms with Crippen LogP contribution in [0.4, 0.5) is 13.2 Å². The first kappa shape index (κ1) is 15.9. The molecule has 2 unspecified atom stereocenters. The molecule has 14 heavy (non-hydrogen) atoms. The summed E-state index contributed by atoms with van der Waals surface area (Å²) >= 11 is 0. The van der Waals surface area contributed by atoms with Gasteiger partial charge in [-0.2, -0.15) is 13.2 Å². The van der Waals surface area contributed by atoms with Gasteiger partial charge >= 0.3 is 12.1 Å². The Morgan fingerprint density at radius 3 is 2.00 bits per heavy atom. The zero-order valence-electron chi connectivity index (χ0n) is 7.12. The van der Waals surface area contributed by atoms with E-state index in [4.69, 9.17) is 16.6 Å². The Balaban J connectivity index is 0. The van der Waals surface area contributed by atoms with Gasteiger partial charge < -0.3 is 16.6 Å². The first-order valence-electron chi connectivity index (χ1n) is 3.56. The molecular weight excluding hydrogens is 225 g/mol. The van der Waals surface area contributed by atoms with Crippen molar-refractivity contribution in [3.63, 3.8) is 0 Å². The number of hydrogen-bond acceptors (Lipinski definition) is 3. The second kappa shape index (κ2) is 6.05. The van der Waals surface area contributed by atoms with Gasteiger partial charge in [-0.15, -0.1) is 12.4 Å². The lowest BCUT2D eigenvalue weighted by Gasteiger charge is -2.16. The van der Waals surface area contributed by atoms with Gasteiger partial charge in [-0.1, -0.05) is 0 Å². The first-order chi connectivity index (χ1) is 5.75. The molecule has 4 nitrogen and oxygen atoms in total. The van der Waals surface area contributed by atoms with E-state index in [-0.39, 0.29) is 18.8 Å². The lowest BCUT2D eigenvalue weighted by molar-refractivity contribution is -0.151. The maximum atomic E-state index is 11.8. The van der Waals surface area contributed by atoms with Crippen LogP contribution in [0.3, 0.4) is 0 Å². The minimum absolute atomic E-state index is 0. The van der Waals surface area contributed by atoms with E-state index in [1.807, 2.05) is 0 Å². The van der Waals surface area contributed by atoms with Gasteiger partial charge in [0.2, 0.25) is 0 Å². The lowest BCUT2D eigenvalue weighted by Crippen LogP contribution is -2.40. The molecule has 0 amide bonds. The molecule has 0 bridgehead atoms. The van der Waals surface area contributed by atoms with Crippen molar-refractivity contribution in [3.05, 3.63) is 0 Å². The topological polar surface area (TPSA) is 89.3 Å². The maximum Gasteiger partial charge on any atom is 0.403 e. The molecule has 0 aromatic rings. The van der Waals surface area contributed by atoms with Gasteiger partial charge in [0.05, 0.1) is 0 Å². The Labute approximate surface area is 84.8 Å². The number of nitrogens with two attached hydrogens (primary N) is 2. The van der Waals surface area contributed by atoms with Crippen LogP contribution in [0.2, 0.25) is 0 Å². The van der Waals surface area contributed by atoms with E-state index in [0.29, 0.717) is 0 Å². The molecule has 0 aliphatic heterocycles. The van der Waals surface area contributed by atoms with Crippen LogP contribution in [-0.2, 0) is 4.79 Å². The fourth-order valence-electron chi connectivity index (χ4n) is 0.646. The van der Waals surface area contributed by atoms with Gasteiger partial charge in [-0.3, -0.25) is 4.79 Å². The summed E-state index contributed by atoms with van der Waals surface area (Å²) in [6, 6.07) is -3.29. The van der Waals surface area contributed by atoms with E-state index in [1.54, 1.807) is 0 Å². The van der Waals surface area contributed by atoms with Crippen LogP contribution in [0, 0.1) is 0 Å². The van der Waals surface area contributed by atoms with Crippen molar-refractivity contribution in [1.29, 1.82) is 0 Å². The number of aliphatic carboxylic acids is 1. The molecule has 0 aromatic carbocycles. The number of carboxylic acids is 1. The van der Waals surface area contributed by atoms with Gasteiger partial charge in [-0.25, -0.2) is 0 Å². The van der Waals surface area contributed by atoms with Crippen LogP contribution >= 0.6 is 12.4 Å². The minimum atomic E-state index is -4.49. The van der Waals surface area contributed by atoms with Crippen LogP contribution in [0.15, 0.2) is 0 Å². The third kappa shape index (κ3) is 6.01. The number of carboxylic acid groups (broad SMARTS) is 1. The Hall–Kier alpha value is -0.530. The highest BCUT2D eigenvalue weighted by Crippen LogP contribution is 2.21. The summed E-state index contributed by atoms with van der Waals surface area (Å²) in [5.41, 5.74) is 9.71. The second-order valence-corrected chi connectivity index (χ2v) is 2.67. The van der Waals surface area contributed by atoms with E-state index in [9.17, 15) is 18.0 Å². The standard InChI is InChI=1S/C6H11F3N2O2.ClH/c7-6(8,9)4(11)2-1-3(10)5(12)13;/h3-4H,1-2,10-11H2,(H,12,13);1H. The van der Waals surface area contributed by atoms with E-state index < -0.39 is 30.7 Å². The van der Waals surface area contributed by atoms with Gasteiger partial charge in [0.15, 0.2) is 0 Å². The zero-order valence-corrected chi connectivity index (χ0v) is 7.94. The molecule has 5 N–H and O–H groups in total. The van der Waals surface area contributed by atoms with Gasteiger partial charge in [0.25, 0.3) is 0 Å². The van der Waals surface area contributed by atoms with Crippen LogP contribution in [0.5, 0.6) is 0 Å². The predicted octanol–water partition coefficient (Wildman–Crippen LogP) is 0.490. The molecule has 0 fully saturated rings. The van der Waals surface area contributed by atoms with Crippen LogP contribution in [-0.4, -0.2) is 29.3 Å². The van der Waals surface area contributed by atoms with Crippen molar-refractivity contribution in [2.24, 2.45) is 11.5 Å². The number of alkyl halides is 3. The monoisotopic (exact) mass is 236 g/mol. The van der Waals surface area contributed by atoms with E-state index in [2.05, 4.69) is 0 Å². The Bertz CT molecular complexity index is 188. The van der Waals surface area contributed by atoms with Crippen molar-refractivity contribution in [2.75, 3.05) is 0 Å². The Morgan fingerprint density at radius 1 is 1.29 bits per heavy atom. The molecule has 0 radical (unpaired) electrons. The van der Waals surface area contributed by atoms with E-state index >= 15 is 0 Å². The molecule has 0 saturated heterocycles. The summed E-state index contributed by atoms with van der Waals surface area (Å²) in [5.74, 6) is -1.32. The predicted molar refractivity (Wildman–Crippen MR) is 46.1 cm³/mol. The molecule has 0 rings (SSSR count). The highest BCUT2D eigenvalue weighted by molar-refractivity contribution is 5.85. The van der Waals surface area contributed by atoms with Gasteiger partial charge in [0.1, 0.15) is 12.1 Å². The molecule has 0 aromatic heterocycles. The van der Waals surface area contributed by atoms with Crippen molar-refractivity contribution in [3.8, 4) is 0 Å². The quantitative estimate of drug-likeness (QED) is 0.663. The van der Waals surface area contributed by atoms with Crippen LogP contribution < -0.4 is 11.5 Å². The minimum Gasteiger partial charge on any atom is -0.480 e. The molecule has 8 heteroatoms. The molecule has 0 aliphatic rings. The summed E-state index contributed by atoms with van der Waals surface area (Å²) in [5, 5.41) is 8.25. The average Bonchev–Trinajstić information content (AvgIpc) is 1.97. The fourth-order valence-corrected chi connectivity index (χ4v) is 0.646. The van der Waals surface area contributed by atoms with E-state index in [0.717, 1.165) is 0 Å². The summed E-state index contributed by atoms with van der Waals surface area (Å²) in [7, 11) is 0. The molecule has 0 saturated carbocycles. The Morgan fingerprint density at radius 2 is 1.71 bits per heavy atom. The van der Waals surface area contributed by atoms with E-state index in [1.165, 1.54) is 0 Å². The SMILES string of the molecule is Cl.NC(CCC(N)C(F)(F)F)C(=O)O. The summed E-state index contributed by atoms with van der Waals surface area (Å²) in [4.78, 5) is 10.1. The molecule has 0 heterocycles. The van der Waals surface area contributed by atoms with Gasteiger partial charge in [-0.05, 0) is 12.8 Å². The number of hydrogen-bond donors (Lipinski definition) is 3. The van der Waals surface area contributed by atoms with Crippen molar-refractivity contribution >= 4 is 18.4 Å². The number of carbonyl (C=O) groups is 1. The summed E-state index contributed by atoms with van der Waals surface area (Å²) < 4.78 is 35.4. The third-order valence-corrected chi connectivity index (χ3v) is 1.53. The summed E-state index contributed by atoms with van der Waals surface area (Å²) in [6.45, 7) is 0. The van der Waals surface area contributed by atoms with Gasteiger partial charge in [0, 0.05) is 0 Å². The highest BCUT2D eigenvalue weighted by Gasteiger charge is 2.36. The molecule has 2 atom stereocenters. The van der Waals surface area contributed by atoms with Crippen molar-refractivity contribution in [2.45, 2.75) is 31.1 Å². The lowest BCUT2D eigenvalue weighted by atomic mass is 10.1. The zero-order chi connectivity index (χ0) is 10.6. The first-order valence-corrected chi connectivity index (χ1v) is 3.56. The summed E-state index contributed by atoms with van der Waals surface area (Å²) in [6.07, 6.45) is -5.24. The average molecular weight is 237 g/mol. The number of halogens is 4. The molecule has 0 spiro atoms. The molecular formula is C6H12ClF3N2O2. The second-order valence-electron chi connectivity index (χ2n) is 2.67. The van der Waals surface area contributed by atoms with Crippen LogP contribution in [0.25, 0.3) is 0 Å².